The van der Waals surface area contributed by atoms with E-state index in [0.29, 0.717) is 23.1 Å². The molecule has 0 atom stereocenters. The van der Waals surface area contributed by atoms with Crippen LogP contribution in [-0.2, 0) is 6.54 Å². The van der Waals surface area contributed by atoms with E-state index in [-0.39, 0.29) is 12.5 Å². The van der Waals surface area contributed by atoms with Crippen LogP contribution in [0.25, 0.3) is 21.0 Å². The first-order valence-electron chi connectivity index (χ1n) is 11.0. The number of carbonyl (C=O) groups is 1. The Morgan fingerprint density at radius 1 is 1.03 bits per heavy atom. The summed E-state index contributed by atoms with van der Waals surface area (Å²) in [6.07, 6.45) is 1.73. The molecule has 1 amide bonds. The monoisotopic (exact) mass is 469 g/mol. The molecule has 5 aromatic rings. The first-order chi connectivity index (χ1) is 16.7. The minimum Gasteiger partial charge on any atom is -0.497 e. The maximum absolute atomic E-state index is 14.2. The Hall–Kier alpha value is -3.97. The van der Waals surface area contributed by atoms with E-state index >= 15 is 0 Å². The molecule has 0 saturated heterocycles. The van der Waals surface area contributed by atoms with Crippen LogP contribution in [0.5, 0.6) is 11.5 Å². The summed E-state index contributed by atoms with van der Waals surface area (Å²) in [4.78, 5) is 25.2. The highest BCUT2D eigenvalue weighted by Gasteiger charge is 2.27. The molecule has 0 fully saturated rings. The SMILES string of the molecule is CCOc1ccc2ccccc2c1C(=O)N(Cc1ccccn1)c1nc2cc(OC)ccc2s1. The van der Waals surface area contributed by atoms with Gasteiger partial charge < -0.3 is 9.47 Å². The number of anilines is 1. The van der Waals surface area contributed by atoms with E-state index in [4.69, 9.17) is 14.5 Å². The maximum atomic E-state index is 14.2. The highest BCUT2D eigenvalue weighted by molar-refractivity contribution is 7.22. The second kappa shape index (κ2) is 9.49. The topological polar surface area (TPSA) is 64.5 Å². The molecule has 0 radical (unpaired) electrons. The molecule has 34 heavy (non-hydrogen) atoms. The quantitative estimate of drug-likeness (QED) is 0.288. The summed E-state index contributed by atoms with van der Waals surface area (Å²) >= 11 is 1.46. The van der Waals surface area contributed by atoms with Crippen LogP contribution in [0.2, 0.25) is 0 Å². The number of methoxy groups -OCH3 is 1. The normalized spacial score (nSPS) is 11.0. The number of hydrogen-bond donors (Lipinski definition) is 0. The maximum Gasteiger partial charge on any atom is 0.264 e. The summed E-state index contributed by atoms with van der Waals surface area (Å²) in [5, 5.41) is 2.41. The summed E-state index contributed by atoms with van der Waals surface area (Å²) < 4.78 is 12.2. The van der Waals surface area contributed by atoms with E-state index < -0.39 is 0 Å². The molecule has 0 saturated carbocycles. The van der Waals surface area contributed by atoms with Crippen molar-refractivity contribution in [1.29, 1.82) is 0 Å². The molecular formula is C27H23N3O3S. The number of rotatable bonds is 7. The molecular weight excluding hydrogens is 446 g/mol. The number of ether oxygens (including phenoxy) is 2. The van der Waals surface area contributed by atoms with E-state index in [1.807, 2.05) is 79.7 Å². The van der Waals surface area contributed by atoms with Crippen molar-refractivity contribution in [3.8, 4) is 11.5 Å². The third kappa shape index (κ3) is 4.18. The van der Waals surface area contributed by atoms with Gasteiger partial charge in [0.1, 0.15) is 11.5 Å². The molecule has 0 aliphatic carbocycles. The summed E-state index contributed by atoms with van der Waals surface area (Å²) in [5.74, 6) is 1.09. The molecule has 0 unspecified atom stereocenters. The largest absolute Gasteiger partial charge is 0.497 e. The second-order valence-electron chi connectivity index (χ2n) is 7.64. The fourth-order valence-corrected chi connectivity index (χ4v) is 4.84. The molecule has 5 rings (SSSR count). The van der Waals surface area contributed by atoms with Gasteiger partial charge in [0.2, 0.25) is 0 Å². The van der Waals surface area contributed by atoms with Crippen molar-refractivity contribution in [1.82, 2.24) is 9.97 Å². The Labute approximate surface area is 201 Å². The summed E-state index contributed by atoms with van der Waals surface area (Å²) in [5.41, 5.74) is 2.07. The molecule has 7 heteroatoms. The number of nitrogens with zero attached hydrogens (tertiary/aromatic N) is 3. The minimum absolute atomic E-state index is 0.183. The van der Waals surface area contributed by atoms with Gasteiger partial charge in [-0.1, -0.05) is 47.7 Å². The van der Waals surface area contributed by atoms with E-state index in [9.17, 15) is 4.79 Å². The fraction of sp³-hybridized carbons (Fsp3) is 0.148. The first-order valence-corrected chi connectivity index (χ1v) is 11.8. The third-order valence-electron chi connectivity index (χ3n) is 5.51. The number of benzene rings is 3. The van der Waals surface area contributed by atoms with Gasteiger partial charge in [-0.2, -0.15) is 0 Å². The van der Waals surface area contributed by atoms with Crippen molar-refractivity contribution < 1.29 is 14.3 Å². The van der Waals surface area contributed by atoms with Crippen molar-refractivity contribution >= 4 is 43.4 Å². The van der Waals surface area contributed by atoms with Crippen LogP contribution in [0.1, 0.15) is 23.0 Å². The lowest BCUT2D eigenvalue weighted by Gasteiger charge is -2.22. The van der Waals surface area contributed by atoms with Gasteiger partial charge in [-0.3, -0.25) is 14.7 Å². The standard InChI is InChI=1S/C27H23N3O3S/c1-3-33-23-13-11-18-8-4-5-10-21(18)25(23)26(31)30(17-19-9-6-7-15-28-19)27-29-22-16-20(32-2)12-14-24(22)34-27/h4-16H,3,17H2,1-2H3. The lowest BCUT2D eigenvalue weighted by Crippen LogP contribution is -2.31. The van der Waals surface area contributed by atoms with E-state index in [0.717, 1.165) is 32.4 Å². The van der Waals surface area contributed by atoms with Crippen LogP contribution in [0.4, 0.5) is 5.13 Å². The number of fused-ring (bicyclic) bond motifs is 2. The third-order valence-corrected chi connectivity index (χ3v) is 6.57. The number of hydrogen-bond acceptors (Lipinski definition) is 6. The van der Waals surface area contributed by atoms with Gasteiger partial charge in [-0.15, -0.1) is 0 Å². The van der Waals surface area contributed by atoms with Crippen LogP contribution in [0, 0.1) is 0 Å². The van der Waals surface area contributed by atoms with Crippen LogP contribution >= 0.6 is 11.3 Å². The molecule has 170 valence electrons. The van der Waals surface area contributed by atoms with E-state index in [2.05, 4.69) is 4.98 Å². The predicted octanol–water partition coefficient (Wildman–Crippen LogP) is 6.10. The Morgan fingerprint density at radius 2 is 1.88 bits per heavy atom. The Morgan fingerprint density at radius 3 is 2.68 bits per heavy atom. The van der Waals surface area contributed by atoms with Gasteiger partial charge in [0.15, 0.2) is 5.13 Å². The first kappa shape index (κ1) is 21.9. The highest BCUT2D eigenvalue weighted by atomic mass is 32.1. The molecule has 0 aliphatic heterocycles. The fourth-order valence-electron chi connectivity index (χ4n) is 3.90. The number of pyridine rings is 1. The van der Waals surface area contributed by atoms with Crippen LogP contribution in [0.15, 0.2) is 79.0 Å². The highest BCUT2D eigenvalue weighted by Crippen LogP contribution is 2.35. The zero-order valence-electron chi connectivity index (χ0n) is 18.9. The summed E-state index contributed by atoms with van der Waals surface area (Å²) in [6.45, 7) is 2.65. The second-order valence-corrected chi connectivity index (χ2v) is 8.64. The molecule has 6 nitrogen and oxygen atoms in total. The average Bonchev–Trinajstić information content (AvgIpc) is 3.30. The van der Waals surface area contributed by atoms with Crippen LogP contribution in [-0.4, -0.2) is 29.6 Å². The van der Waals surface area contributed by atoms with Crippen molar-refractivity contribution in [3.63, 3.8) is 0 Å². The average molecular weight is 470 g/mol. The van der Waals surface area contributed by atoms with Crippen molar-refractivity contribution in [2.45, 2.75) is 13.5 Å². The van der Waals surface area contributed by atoms with Gasteiger partial charge >= 0.3 is 0 Å². The van der Waals surface area contributed by atoms with Crippen LogP contribution in [0.3, 0.4) is 0 Å². The van der Waals surface area contributed by atoms with E-state index in [1.165, 1.54) is 11.3 Å². The van der Waals surface area contributed by atoms with Gasteiger partial charge in [-0.25, -0.2) is 4.98 Å². The van der Waals surface area contributed by atoms with Gasteiger partial charge in [0.25, 0.3) is 5.91 Å². The lowest BCUT2D eigenvalue weighted by atomic mass is 10.0. The van der Waals surface area contributed by atoms with Gasteiger partial charge in [-0.05, 0) is 48.0 Å². The smallest absolute Gasteiger partial charge is 0.264 e. The Kier molecular flexibility index (Phi) is 6.10. The summed E-state index contributed by atoms with van der Waals surface area (Å²) in [7, 11) is 1.63. The van der Waals surface area contributed by atoms with Crippen LogP contribution < -0.4 is 14.4 Å². The Bertz CT molecular complexity index is 1470. The molecule has 0 aliphatic rings. The molecule has 2 aromatic heterocycles. The number of amides is 1. The van der Waals surface area contributed by atoms with Gasteiger partial charge in [0.05, 0.1) is 41.7 Å². The molecule has 3 aromatic carbocycles. The number of aromatic nitrogens is 2. The molecule has 2 heterocycles. The molecule has 0 bridgehead atoms. The lowest BCUT2D eigenvalue weighted by molar-refractivity contribution is 0.0983. The minimum atomic E-state index is -0.183. The number of thiazole rings is 1. The van der Waals surface area contributed by atoms with E-state index in [1.54, 1.807) is 18.2 Å². The Balaban J connectivity index is 1.67. The molecule has 0 spiro atoms. The van der Waals surface area contributed by atoms with Crippen molar-refractivity contribution in [2.24, 2.45) is 0 Å². The van der Waals surface area contributed by atoms with Crippen molar-refractivity contribution in [2.75, 3.05) is 18.6 Å². The zero-order valence-corrected chi connectivity index (χ0v) is 19.7. The summed E-state index contributed by atoms with van der Waals surface area (Å²) in [6, 6.07) is 23.1. The predicted molar refractivity (Wildman–Crippen MR) is 136 cm³/mol. The zero-order chi connectivity index (χ0) is 23.5. The molecule has 0 N–H and O–H groups in total. The van der Waals surface area contributed by atoms with Crippen molar-refractivity contribution in [3.05, 3.63) is 90.3 Å². The number of carbonyl (C=O) groups excluding carboxylic acids is 1. The van der Waals surface area contributed by atoms with Gasteiger partial charge in [0, 0.05) is 12.3 Å².